The van der Waals surface area contributed by atoms with Gasteiger partial charge in [-0.15, -0.1) is 11.3 Å². The molecule has 29 heavy (non-hydrogen) atoms. The van der Waals surface area contributed by atoms with Crippen LogP contribution >= 0.6 is 11.3 Å². The average Bonchev–Trinajstić information content (AvgIpc) is 3.12. The quantitative estimate of drug-likeness (QED) is 0.589. The van der Waals surface area contributed by atoms with Gasteiger partial charge in [0.1, 0.15) is 15.8 Å². The van der Waals surface area contributed by atoms with Gasteiger partial charge in [0.15, 0.2) is 0 Å². The fraction of sp³-hybridized carbons (Fsp3) is 0.250. The van der Waals surface area contributed by atoms with Crippen LogP contribution in [0.1, 0.15) is 23.7 Å². The van der Waals surface area contributed by atoms with E-state index >= 15 is 0 Å². The van der Waals surface area contributed by atoms with E-state index in [1.807, 2.05) is 6.92 Å². The molecular weight excluding hydrogens is 418 g/mol. The Morgan fingerprint density at radius 2 is 1.79 bits per heavy atom. The van der Waals surface area contributed by atoms with Crippen molar-refractivity contribution in [2.75, 3.05) is 6.54 Å². The van der Waals surface area contributed by atoms with E-state index < -0.39 is 21.7 Å². The molecule has 3 rings (SSSR count). The highest BCUT2D eigenvalue weighted by Crippen LogP contribution is 2.32. The topological polar surface area (TPSA) is 79.0 Å². The van der Waals surface area contributed by atoms with Gasteiger partial charge in [-0.3, -0.25) is 4.79 Å². The highest BCUT2D eigenvalue weighted by atomic mass is 32.2. The molecule has 0 atom stereocenters. The van der Waals surface area contributed by atoms with Gasteiger partial charge in [-0.2, -0.15) is 0 Å². The molecule has 0 aliphatic rings. The number of halogens is 2. The monoisotopic (exact) mass is 438 g/mol. The number of sulfonamides is 1. The molecule has 2 aromatic heterocycles. The Hall–Kier alpha value is -2.36. The van der Waals surface area contributed by atoms with Crippen molar-refractivity contribution < 1.29 is 17.2 Å². The van der Waals surface area contributed by atoms with Crippen molar-refractivity contribution in [1.29, 1.82) is 0 Å². The molecule has 0 aliphatic carbocycles. The number of aromatic nitrogens is 1. The highest BCUT2D eigenvalue weighted by Gasteiger charge is 2.18. The number of pyridine rings is 1. The van der Waals surface area contributed by atoms with Gasteiger partial charge in [-0.25, -0.2) is 21.9 Å². The largest absolute Gasteiger partial charge is 0.326 e. The number of nitrogens with one attached hydrogen (secondary N) is 2. The Kier molecular flexibility index (Phi) is 6.30. The number of hydrogen-bond donors (Lipinski definition) is 2. The summed E-state index contributed by atoms with van der Waals surface area (Å²) in [4.78, 5) is 15.4. The third-order valence-corrected chi connectivity index (χ3v) is 7.51. The van der Waals surface area contributed by atoms with Gasteiger partial charge in [0.05, 0.1) is 0 Å². The van der Waals surface area contributed by atoms with Gasteiger partial charge in [0, 0.05) is 34.3 Å². The summed E-state index contributed by atoms with van der Waals surface area (Å²) in [5, 5.41) is 0. The summed E-state index contributed by atoms with van der Waals surface area (Å²) in [5.41, 5.74) is 2.30. The van der Waals surface area contributed by atoms with Crippen LogP contribution in [0.3, 0.4) is 0 Å². The maximum atomic E-state index is 13.2. The number of aryl methyl sites for hydroxylation is 2. The second-order valence-electron chi connectivity index (χ2n) is 6.56. The van der Waals surface area contributed by atoms with Crippen LogP contribution in [0.15, 0.2) is 45.4 Å². The number of aromatic amines is 1. The number of benzene rings is 1. The summed E-state index contributed by atoms with van der Waals surface area (Å²) >= 11 is 1.09. The van der Waals surface area contributed by atoms with Crippen LogP contribution in [0.25, 0.3) is 10.4 Å². The summed E-state index contributed by atoms with van der Waals surface area (Å²) in [5.74, 6) is -1.40. The van der Waals surface area contributed by atoms with E-state index in [1.54, 1.807) is 19.1 Å². The molecule has 0 saturated heterocycles. The van der Waals surface area contributed by atoms with E-state index in [0.717, 1.165) is 27.8 Å². The van der Waals surface area contributed by atoms with Crippen LogP contribution in [0.5, 0.6) is 0 Å². The molecule has 0 saturated carbocycles. The molecule has 154 valence electrons. The maximum absolute atomic E-state index is 13.2. The van der Waals surface area contributed by atoms with Crippen molar-refractivity contribution in [1.82, 2.24) is 9.71 Å². The van der Waals surface area contributed by atoms with E-state index in [9.17, 15) is 22.0 Å². The van der Waals surface area contributed by atoms with E-state index in [2.05, 4.69) is 9.71 Å². The molecule has 0 fully saturated rings. The Morgan fingerprint density at radius 1 is 1.10 bits per heavy atom. The zero-order valence-electron chi connectivity index (χ0n) is 15.9. The predicted molar refractivity (Wildman–Crippen MR) is 110 cm³/mol. The van der Waals surface area contributed by atoms with Crippen molar-refractivity contribution in [3.05, 3.63) is 75.2 Å². The normalized spacial score (nSPS) is 11.7. The van der Waals surface area contributed by atoms with E-state index in [-0.39, 0.29) is 22.7 Å². The van der Waals surface area contributed by atoms with Crippen LogP contribution in [0.2, 0.25) is 0 Å². The van der Waals surface area contributed by atoms with Crippen LogP contribution in [-0.4, -0.2) is 19.9 Å². The van der Waals surface area contributed by atoms with Gasteiger partial charge >= 0.3 is 0 Å². The zero-order valence-corrected chi connectivity index (χ0v) is 17.5. The fourth-order valence-electron chi connectivity index (χ4n) is 2.95. The lowest BCUT2D eigenvalue weighted by atomic mass is 10.1. The SMILES string of the molecule is CCc1cc(-c2ccc(S(=O)(=O)NCCc3cc(F)cc(F)c3)s2)c(C)[nH]c1=O. The number of thiophene rings is 1. The lowest BCUT2D eigenvalue weighted by molar-refractivity contribution is 0.577. The molecule has 0 aliphatic heterocycles. The molecule has 5 nitrogen and oxygen atoms in total. The second-order valence-corrected chi connectivity index (χ2v) is 9.64. The van der Waals surface area contributed by atoms with Crippen molar-refractivity contribution >= 4 is 21.4 Å². The summed E-state index contributed by atoms with van der Waals surface area (Å²) < 4.78 is 54.2. The molecule has 0 spiro atoms. The third-order valence-electron chi connectivity index (χ3n) is 4.44. The minimum atomic E-state index is -3.77. The third kappa shape index (κ3) is 4.98. The summed E-state index contributed by atoms with van der Waals surface area (Å²) in [7, 11) is -3.77. The lowest BCUT2D eigenvalue weighted by Gasteiger charge is -2.07. The first-order valence-corrected chi connectivity index (χ1v) is 11.3. The van der Waals surface area contributed by atoms with Gasteiger partial charge < -0.3 is 4.98 Å². The fourth-order valence-corrected chi connectivity index (χ4v) is 5.41. The van der Waals surface area contributed by atoms with Crippen LogP contribution in [0, 0.1) is 18.6 Å². The zero-order chi connectivity index (χ0) is 21.2. The first-order valence-electron chi connectivity index (χ1n) is 8.97. The van der Waals surface area contributed by atoms with Crippen molar-refractivity contribution in [2.24, 2.45) is 0 Å². The highest BCUT2D eigenvalue weighted by molar-refractivity contribution is 7.91. The standard InChI is InChI=1S/C20H20F2N2O3S2/c1-3-14-10-17(12(2)24-20(14)25)18-4-5-19(28-18)29(26,27)23-7-6-13-8-15(21)11-16(22)9-13/h4-5,8-11,23H,3,6-7H2,1-2H3,(H,24,25). The molecule has 2 heterocycles. The first kappa shape index (κ1) is 21.4. The minimum Gasteiger partial charge on any atom is -0.326 e. The van der Waals surface area contributed by atoms with E-state index in [0.29, 0.717) is 23.2 Å². The average molecular weight is 439 g/mol. The van der Waals surface area contributed by atoms with Gasteiger partial charge in [0.2, 0.25) is 10.0 Å². The molecule has 0 radical (unpaired) electrons. The summed E-state index contributed by atoms with van der Waals surface area (Å²) in [6.45, 7) is 3.65. The Bertz CT molecular complexity index is 1180. The molecule has 3 aromatic rings. The van der Waals surface area contributed by atoms with Gasteiger partial charge in [-0.05, 0) is 55.7 Å². The summed E-state index contributed by atoms with van der Waals surface area (Å²) in [6.07, 6.45) is 0.729. The number of H-pyrrole nitrogens is 1. The lowest BCUT2D eigenvalue weighted by Crippen LogP contribution is -2.25. The first-order chi connectivity index (χ1) is 13.7. The number of rotatable bonds is 7. The van der Waals surface area contributed by atoms with Crippen molar-refractivity contribution in [3.8, 4) is 10.4 Å². The number of hydrogen-bond acceptors (Lipinski definition) is 4. The Balaban J connectivity index is 1.76. The van der Waals surface area contributed by atoms with Gasteiger partial charge in [0.25, 0.3) is 5.56 Å². The van der Waals surface area contributed by atoms with Crippen LogP contribution < -0.4 is 10.3 Å². The van der Waals surface area contributed by atoms with E-state index in [4.69, 9.17) is 0 Å². The van der Waals surface area contributed by atoms with Crippen LogP contribution in [0.4, 0.5) is 8.78 Å². The molecule has 0 unspecified atom stereocenters. The smallest absolute Gasteiger partial charge is 0.251 e. The van der Waals surface area contributed by atoms with Gasteiger partial charge in [-0.1, -0.05) is 6.92 Å². The predicted octanol–water partition coefficient (Wildman–Crippen LogP) is 3.77. The van der Waals surface area contributed by atoms with Crippen molar-refractivity contribution in [3.63, 3.8) is 0 Å². The van der Waals surface area contributed by atoms with Crippen molar-refractivity contribution in [2.45, 2.75) is 30.9 Å². The molecule has 2 N–H and O–H groups in total. The molecule has 0 bridgehead atoms. The molecular formula is C20H20F2N2O3S2. The van der Waals surface area contributed by atoms with E-state index in [1.165, 1.54) is 18.2 Å². The molecule has 9 heteroatoms. The Labute approximate surface area is 171 Å². The van der Waals surface area contributed by atoms with Crippen LogP contribution in [-0.2, 0) is 22.9 Å². The second kappa shape index (κ2) is 8.56. The molecule has 1 aromatic carbocycles. The summed E-state index contributed by atoms with van der Waals surface area (Å²) in [6, 6.07) is 8.09. The Morgan fingerprint density at radius 3 is 2.45 bits per heavy atom. The minimum absolute atomic E-state index is 0.0100. The molecule has 0 amide bonds. The maximum Gasteiger partial charge on any atom is 0.251 e.